The molecule has 0 amide bonds. The summed E-state index contributed by atoms with van der Waals surface area (Å²) >= 11 is 0. The standard InChI is InChI=1S/3C4H6N2/c3*1-4-5-2-3-6-4/h3*2-3H,1H3,(H,5,6). The molecule has 0 radical (unpaired) electrons. The van der Waals surface area contributed by atoms with E-state index in [1.54, 1.807) is 37.2 Å². The minimum atomic E-state index is 0.968. The van der Waals surface area contributed by atoms with Crippen LogP contribution in [-0.4, -0.2) is 29.9 Å². The zero-order valence-corrected chi connectivity index (χ0v) is 10.8. The van der Waals surface area contributed by atoms with Crippen LogP contribution < -0.4 is 0 Å². The molecule has 0 spiro atoms. The number of H-pyrrole nitrogens is 3. The van der Waals surface area contributed by atoms with Gasteiger partial charge in [-0.25, -0.2) is 15.0 Å². The average molecular weight is 246 g/mol. The zero-order valence-electron chi connectivity index (χ0n) is 10.8. The van der Waals surface area contributed by atoms with Crippen molar-refractivity contribution in [3.63, 3.8) is 0 Å². The number of nitrogens with one attached hydrogen (secondary N) is 3. The Labute approximate surface area is 106 Å². The van der Waals surface area contributed by atoms with Gasteiger partial charge in [-0.1, -0.05) is 0 Å². The fraction of sp³-hybridized carbons (Fsp3) is 0.250. The van der Waals surface area contributed by atoms with Gasteiger partial charge < -0.3 is 15.0 Å². The van der Waals surface area contributed by atoms with Crippen LogP contribution in [0, 0.1) is 20.8 Å². The minimum Gasteiger partial charge on any atom is -0.349 e. The third-order valence-corrected chi connectivity index (χ3v) is 1.90. The second kappa shape index (κ2) is 7.83. The van der Waals surface area contributed by atoms with Crippen LogP contribution >= 0.6 is 0 Å². The molecule has 0 bridgehead atoms. The van der Waals surface area contributed by atoms with Gasteiger partial charge in [-0.3, -0.25) is 0 Å². The lowest BCUT2D eigenvalue weighted by molar-refractivity contribution is 1.15. The molecule has 3 rings (SSSR count). The maximum Gasteiger partial charge on any atom is 0.102 e. The Balaban J connectivity index is 0.000000135. The lowest BCUT2D eigenvalue weighted by Crippen LogP contribution is -1.66. The molecule has 0 saturated carbocycles. The molecular weight excluding hydrogens is 228 g/mol. The van der Waals surface area contributed by atoms with Crippen LogP contribution in [0.4, 0.5) is 0 Å². The lowest BCUT2D eigenvalue weighted by atomic mass is 10.8. The normalized spacial score (nSPS) is 8.83. The van der Waals surface area contributed by atoms with E-state index in [1.807, 2.05) is 20.8 Å². The third-order valence-electron chi connectivity index (χ3n) is 1.90. The molecule has 0 saturated heterocycles. The van der Waals surface area contributed by atoms with E-state index in [1.165, 1.54) is 0 Å². The van der Waals surface area contributed by atoms with E-state index in [2.05, 4.69) is 29.9 Å². The van der Waals surface area contributed by atoms with E-state index < -0.39 is 0 Å². The van der Waals surface area contributed by atoms with Crippen molar-refractivity contribution >= 4 is 0 Å². The highest BCUT2D eigenvalue weighted by Gasteiger charge is 1.74. The van der Waals surface area contributed by atoms with E-state index in [0.717, 1.165) is 17.5 Å². The molecule has 3 aromatic rings. The number of hydrogen-bond donors (Lipinski definition) is 3. The third kappa shape index (κ3) is 6.26. The molecule has 0 unspecified atom stereocenters. The molecule has 6 heteroatoms. The highest BCUT2D eigenvalue weighted by atomic mass is 14.9. The summed E-state index contributed by atoms with van der Waals surface area (Å²) in [7, 11) is 0. The van der Waals surface area contributed by atoms with Crippen LogP contribution in [0.1, 0.15) is 17.5 Å². The average Bonchev–Trinajstić information content (AvgIpc) is 3.05. The summed E-state index contributed by atoms with van der Waals surface area (Å²) in [6.07, 6.45) is 10.6. The Hall–Kier alpha value is -2.37. The molecule has 18 heavy (non-hydrogen) atoms. The van der Waals surface area contributed by atoms with Gasteiger partial charge in [0.05, 0.1) is 0 Å². The SMILES string of the molecule is Cc1ncc[nH]1.Cc1ncc[nH]1.Cc1ncc[nH]1. The maximum absolute atomic E-state index is 3.86. The predicted octanol–water partition coefficient (Wildman–Crippen LogP) is 2.15. The molecule has 6 nitrogen and oxygen atoms in total. The van der Waals surface area contributed by atoms with Gasteiger partial charge in [0.2, 0.25) is 0 Å². The van der Waals surface area contributed by atoms with Crippen molar-refractivity contribution in [1.29, 1.82) is 0 Å². The molecule has 3 aromatic heterocycles. The number of imidazole rings is 3. The van der Waals surface area contributed by atoms with Crippen molar-refractivity contribution in [1.82, 2.24) is 29.9 Å². The Bertz CT molecular complexity index is 404. The van der Waals surface area contributed by atoms with Crippen molar-refractivity contribution < 1.29 is 0 Å². The molecule has 0 aliphatic heterocycles. The molecule has 0 aliphatic carbocycles. The van der Waals surface area contributed by atoms with Gasteiger partial charge >= 0.3 is 0 Å². The van der Waals surface area contributed by atoms with E-state index in [0.29, 0.717) is 0 Å². The first-order valence-electron chi connectivity index (χ1n) is 5.56. The van der Waals surface area contributed by atoms with Crippen LogP contribution in [0.5, 0.6) is 0 Å². The summed E-state index contributed by atoms with van der Waals surface area (Å²) in [5, 5.41) is 0. The van der Waals surface area contributed by atoms with Crippen molar-refractivity contribution in [2.75, 3.05) is 0 Å². The van der Waals surface area contributed by atoms with Crippen molar-refractivity contribution in [3.05, 3.63) is 54.7 Å². The van der Waals surface area contributed by atoms with Gasteiger partial charge in [0.15, 0.2) is 0 Å². The Kier molecular flexibility index (Phi) is 5.96. The van der Waals surface area contributed by atoms with E-state index >= 15 is 0 Å². The van der Waals surface area contributed by atoms with Crippen LogP contribution in [0.25, 0.3) is 0 Å². The second-order valence-electron chi connectivity index (χ2n) is 3.52. The molecule has 0 atom stereocenters. The van der Waals surface area contributed by atoms with Crippen LogP contribution in [-0.2, 0) is 0 Å². The van der Waals surface area contributed by atoms with E-state index in [-0.39, 0.29) is 0 Å². The molecule has 3 heterocycles. The van der Waals surface area contributed by atoms with Crippen molar-refractivity contribution in [3.8, 4) is 0 Å². The van der Waals surface area contributed by atoms with Gasteiger partial charge in [-0.05, 0) is 20.8 Å². The summed E-state index contributed by atoms with van der Waals surface area (Å²) < 4.78 is 0. The summed E-state index contributed by atoms with van der Waals surface area (Å²) in [6.45, 7) is 5.75. The van der Waals surface area contributed by atoms with Gasteiger partial charge in [0.1, 0.15) is 17.5 Å². The summed E-state index contributed by atoms with van der Waals surface area (Å²) in [5.74, 6) is 2.90. The lowest BCUT2D eigenvalue weighted by Gasteiger charge is -1.68. The van der Waals surface area contributed by atoms with Crippen LogP contribution in [0.3, 0.4) is 0 Å². The fourth-order valence-electron chi connectivity index (χ4n) is 1.03. The Morgan fingerprint density at radius 3 is 0.944 bits per heavy atom. The number of aryl methyl sites for hydroxylation is 3. The highest BCUT2D eigenvalue weighted by Crippen LogP contribution is 1.79. The second-order valence-corrected chi connectivity index (χ2v) is 3.52. The first-order chi connectivity index (χ1) is 8.68. The molecular formula is C12H18N6. The zero-order chi connectivity index (χ0) is 13.2. The first-order valence-corrected chi connectivity index (χ1v) is 5.56. The van der Waals surface area contributed by atoms with Crippen LogP contribution in [0.2, 0.25) is 0 Å². The van der Waals surface area contributed by atoms with Crippen molar-refractivity contribution in [2.45, 2.75) is 20.8 Å². The Morgan fingerprint density at radius 2 is 0.889 bits per heavy atom. The van der Waals surface area contributed by atoms with E-state index in [9.17, 15) is 0 Å². The molecule has 0 aromatic carbocycles. The van der Waals surface area contributed by atoms with Gasteiger partial charge in [-0.15, -0.1) is 0 Å². The quantitative estimate of drug-likeness (QED) is 0.568. The van der Waals surface area contributed by atoms with Crippen LogP contribution in [0.15, 0.2) is 37.2 Å². The molecule has 0 fully saturated rings. The Morgan fingerprint density at radius 1 is 0.611 bits per heavy atom. The largest absolute Gasteiger partial charge is 0.349 e. The first kappa shape index (κ1) is 13.7. The van der Waals surface area contributed by atoms with E-state index in [4.69, 9.17) is 0 Å². The number of aromatic nitrogens is 6. The number of hydrogen-bond acceptors (Lipinski definition) is 3. The maximum atomic E-state index is 3.86. The molecule has 0 aliphatic rings. The van der Waals surface area contributed by atoms with Gasteiger partial charge in [0, 0.05) is 37.2 Å². The monoisotopic (exact) mass is 246 g/mol. The predicted molar refractivity (Wildman–Crippen MR) is 70.0 cm³/mol. The smallest absolute Gasteiger partial charge is 0.102 e. The summed E-state index contributed by atoms with van der Waals surface area (Å²) in [6, 6.07) is 0. The van der Waals surface area contributed by atoms with Crippen molar-refractivity contribution in [2.24, 2.45) is 0 Å². The van der Waals surface area contributed by atoms with Gasteiger partial charge in [0.25, 0.3) is 0 Å². The summed E-state index contributed by atoms with van der Waals surface area (Å²) in [4.78, 5) is 20.2. The minimum absolute atomic E-state index is 0.968. The highest BCUT2D eigenvalue weighted by molar-refractivity contribution is 4.81. The van der Waals surface area contributed by atoms with Gasteiger partial charge in [-0.2, -0.15) is 0 Å². The topological polar surface area (TPSA) is 86.0 Å². The summed E-state index contributed by atoms with van der Waals surface area (Å²) in [5.41, 5.74) is 0. The molecule has 3 N–H and O–H groups in total. The number of aromatic amines is 3. The number of rotatable bonds is 0. The molecule has 96 valence electrons. The fourth-order valence-corrected chi connectivity index (χ4v) is 1.03. The number of nitrogens with zero attached hydrogens (tertiary/aromatic N) is 3.